The van der Waals surface area contributed by atoms with Gasteiger partial charge in [-0.1, -0.05) is 47.0 Å². The largest absolute Gasteiger partial charge is 0.138 e. The molecule has 4 heteroatoms. The highest BCUT2D eigenvalue weighted by molar-refractivity contribution is 7.22. The van der Waals surface area contributed by atoms with Crippen molar-refractivity contribution in [1.29, 1.82) is 0 Å². The molecular weight excluding hydrogens is 284 g/mol. The van der Waals surface area contributed by atoms with Gasteiger partial charge in [0.1, 0.15) is 5.69 Å². The van der Waals surface area contributed by atoms with Gasteiger partial charge in [-0.3, -0.25) is 0 Å². The predicted molar refractivity (Wildman–Crippen MR) is 86.2 cm³/mol. The van der Waals surface area contributed by atoms with Crippen molar-refractivity contribution in [3.05, 3.63) is 60.0 Å². The normalized spacial score (nSPS) is 11.0. The number of hydrogen-bond donors (Lipinski definition) is 0. The Morgan fingerprint density at radius 1 is 0.850 bits per heavy atom. The minimum atomic E-state index is 0.942. The van der Waals surface area contributed by atoms with E-state index in [0.29, 0.717) is 0 Å². The van der Waals surface area contributed by atoms with Gasteiger partial charge in [0.15, 0.2) is 0 Å². The van der Waals surface area contributed by atoms with Gasteiger partial charge in [0, 0.05) is 20.5 Å². The zero-order valence-corrected chi connectivity index (χ0v) is 12.1. The van der Waals surface area contributed by atoms with E-state index in [1.807, 2.05) is 16.7 Å². The standard InChI is InChI=1S/C16H10N2S2/c1-2-4-15-13(3-1)9-16(20-15)12-7-5-11(6-8-12)14-10-19-18-17-14/h1-10H. The first-order chi connectivity index (χ1) is 9.90. The van der Waals surface area contributed by atoms with Gasteiger partial charge >= 0.3 is 0 Å². The molecule has 4 aromatic rings. The molecule has 2 aromatic carbocycles. The monoisotopic (exact) mass is 294 g/mol. The summed E-state index contributed by atoms with van der Waals surface area (Å²) in [4.78, 5) is 1.30. The first-order valence-corrected chi connectivity index (χ1v) is 7.92. The molecule has 0 saturated heterocycles. The smallest absolute Gasteiger partial charge is 0.105 e. The zero-order valence-electron chi connectivity index (χ0n) is 10.5. The van der Waals surface area contributed by atoms with Crippen LogP contribution in [0.3, 0.4) is 0 Å². The van der Waals surface area contributed by atoms with Gasteiger partial charge in [0.2, 0.25) is 0 Å². The molecule has 0 saturated carbocycles. The Balaban J connectivity index is 1.75. The van der Waals surface area contributed by atoms with E-state index in [9.17, 15) is 0 Å². The molecule has 0 fully saturated rings. The van der Waals surface area contributed by atoms with Crippen molar-refractivity contribution in [3.63, 3.8) is 0 Å². The topological polar surface area (TPSA) is 25.8 Å². The van der Waals surface area contributed by atoms with Gasteiger partial charge < -0.3 is 0 Å². The third-order valence-electron chi connectivity index (χ3n) is 3.25. The highest BCUT2D eigenvalue weighted by atomic mass is 32.1. The minimum absolute atomic E-state index is 0.942. The van der Waals surface area contributed by atoms with Crippen LogP contribution in [0, 0.1) is 0 Å². The van der Waals surface area contributed by atoms with Crippen LogP contribution in [0.2, 0.25) is 0 Å². The molecular formula is C16H10N2S2. The first-order valence-electron chi connectivity index (χ1n) is 6.26. The molecule has 0 aliphatic heterocycles. The molecule has 20 heavy (non-hydrogen) atoms. The summed E-state index contributed by atoms with van der Waals surface area (Å²) >= 11 is 3.21. The molecule has 0 spiro atoms. The molecule has 2 nitrogen and oxygen atoms in total. The summed E-state index contributed by atoms with van der Waals surface area (Å²) in [6.07, 6.45) is 0. The van der Waals surface area contributed by atoms with Crippen molar-refractivity contribution in [2.75, 3.05) is 0 Å². The Morgan fingerprint density at radius 3 is 2.40 bits per heavy atom. The molecule has 2 heterocycles. The fourth-order valence-electron chi connectivity index (χ4n) is 2.22. The summed E-state index contributed by atoms with van der Waals surface area (Å²) in [5.41, 5.74) is 3.31. The Labute approximate surface area is 124 Å². The molecule has 0 bridgehead atoms. The summed E-state index contributed by atoms with van der Waals surface area (Å²) in [5.74, 6) is 0. The predicted octanol–water partition coefficient (Wildman–Crippen LogP) is 5.09. The second kappa shape index (κ2) is 4.81. The third-order valence-corrected chi connectivity index (χ3v) is 4.92. The highest BCUT2D eigenvalue weighted by Crippen LogP contribution is 2.34. The zero-order chi connectivity index (χ0) is 13.4. The number of rotatable bonds is 2. The second-order valence-corrected chi connectivity index (χ2v) is 6.21. The highest BCUT2D eigenvalue weighted by Gasteiger charge is 2.05. The Kier molecular flexibility index (Phi) is 2.83. The van der Waals surface area contributed by atoms with E-state index in [0.717, 1.165) is 11.3 Å². The lowest BCUT2D eigenvalue weighted by atomic mass is 10.1. The van der Waals surface area contributed by atoms with Crippen molar-refractivity contribution in [2.24, 2.45) is 0 Å². The van der Waals surface area contributed by atoms with Gasteiger partial charge in [0.05, 0.1) is 0 Å². The number of aromatic nitrogens is 2. The lowest BCUT2D eigenvalue weighted by molar-refractivity contribution is 1.16. The van der Waals surface area contributed by atoms with Crippen LogP contribution < -0.4 is 0 Å². The van der Waals surface area contributed by atoms with Crippen LogP contribution in [0.15, 0.2) is 60.0 Å². The van der Waals surface area contributed by atoms with Crippen LogP contribution in [0.5, 0.6) is 0 Å². The molecule has 0 aliphatic carbocycles. The Morgan fingerprint density at radius 2 is 1.65 bits per heavy atom. The van der Waals surface area contributed by atoms with Crippen molar-refractivity contribution in [2.45, 2.75) is 0 Å². The quantitative estimate of drug-likeness (QED) is 0.515. The minimum Gasteiger partial charge on any atom is -0.138 e. The van der Waals surface area contributed by atoms with Crippen LogP contribution in [-0.4, -0.2) is 9.59 Å². The first kappa shape index (κ1) is 11.8. The van der Waals surface area contributed by atoms with Gasteiger partial charge in [0.25, 0.3) is 0 Å². The second-order valence-electron chi connectivity index (χ2n) is 4.52. The number of fused-ring (bicyclic) bond motifs is 1. The molecule has 0 atom stereocenters. The SMILES string of the molecule is c1ccc2sc(-c3ccc(-c4csnn4)cc3)cc2c1. The maximum absolute atomic E-state index is 4.09. The fraction of sp³-hybridized carbons (Fsp3) is 0. The lowest BCUT2D eigenvalue weighted by Crippen LogP contribution is -1.78. The molecule has 0 N–H and O–H groups in total. The molecule has 0 aliphatic rings. The number of thiophene rings is 1. The number of benzene rings is 2. The van der Waals surface area contributed by atoms with Gasteiger partial charge in [-0.05, 0) is 34.6 Å². The van der Waals surface area contributed by atoms with Crippen LogP contribution in [0.4, 0.5) is 0 Å². The van der Waals surface area contributed by atoms with Gasteiger partial charge in [-0.15, -0.1) is 16.4 Å². The van der Waals surface area contributed by atoms with E-state index in [1.165, 1.54) is 32.1 Å². The third kappa shape index (κ3) is 2.03. The van der Waals surface area contributed by atoms with E-state index in [-0.39, 0.29) is 0 Å². The van der Waals surface area contributed by atoms with Crippen LogP contribution in [-0.2, 0) is 0 Å². The van der Waals surface area contributed by atoms with Crippen molar-refractivity contribution in [1.82, 2.24) is 9.59 Å². The van der Waals surface area contributed by atoms with E-state index in [2.05, 4.69) is 64.2 Å². The van der Waals surface area contributed by atoms with Gasteiger partial charge in [-0.25, -0.2) is 0 Å². The number of hydrogen-bond acceptors (Lipinski definition) is 4. The van der Waals surface area contributed by atoms with Crippen LogP contribution >= 0.6 is 22.9 Å². The maximum Gasteiger partial charge on any atom is 0.105 e. The molecule has 2 aromatic heterocycles. The molecule has 0 radical (unpaired) electrons. The van der Waals surface area contributed by atoms with Crippen molar-refractivity contribution in [3.8, 4) is 21.7 Å². The molecule has 4 rings (SSSR count). The van der Waals surface area contributed by atoms with E-state index in [4.69, 9.17) is 0 Å². The van der Waals surface area contributed by atoms with E-state index < -0.39 is 0 Å². The van der Waals surface area contributed by atoms with Crippen LogP contribution in [0.25, 0.3) is 31.8 Å². The average Bonchev–Trinajstić information content (AvgIpc) is 3.17. The Bertz CT molecular complexity index is 813. The molecule has 96 valence electrons. The summed E-state index contributed by atoms with van der Waals surface area (Å²) < 4.78 is 5.23. The fourth-order valence-corrected chi connectivity index (χ4v) is 3.75. The number of nitrogens with zero attached hydrogens (tertiary/aromatic N) is 2. The van der Waals surface area contributed by atoms with E-state index in [1.54, 1.807) is 0 Å². The summed E-state index contributed by atoms with van der Waals surface area (Å²) in [7, 11) is 0. The Hall–Kier alpha value is -2.04. The molecule has 0 amide bonds. The lowest BCUT2D eigenvalue weighted by Gasteiger charge is -1.99. The van der Waals surface area contributed by atoms with Crippen molar-refractivity contribution >= 4 is 33.0 Å². The molecule has 0 unspecified atom stereocenters. The van der Waals surface area contributed by atoms with Crippen molar-refractivity contribution < 1.29 is 0 Å². The summed E-state index contributed by atoms with van der Waals surface area (Å²) in [5, 5.41) is 7.37. The van der Waals surface area contributed by atoms with Gasteiger partial charge in [-0.2, -0.15) is 0 Å². The maximum atomic E-state index is 4.09. The average molecular weight is 294 g/mol. The summed E-state index contributed by atoms with van der Waals surface area (Å²) in [6.45, 7) is 0. The summed E-state index contributed by atoms with van der Waals surface area (Å²) in [6, 6.07) is 19.3. The van der Waals surface area contributed by atoms with Crippen LogP contribution in [0.1, 0.15) is 0 Å². The van der Waals surface area contributed by atoms with E-state index >= 15 is 0 Å².